The fourth-order valence-electron chi connectivity index (χ4n) is 4.49. The standard InChI is InChI=1S/C27H35F3O/c1-3-5-7-8-9-19-11-14-23(25(28)17-19)24-16-15-22(26(29)27(24)30)20-12-13-21(31-18-20)10-6-4-2/h11,14-17,20-21H,3-10,12-13,18H2,1-2H3. The second-order valence-electron chi connectivity index (χ2n) is 8.83. The predicted molar refractivity (Wildman–Crippen MR) is 121 cm³/mol. The van der Waals surface area contributed by atoms with Gasteiger partial charge < -0.3 is 4.74 Å². The highest BCUT2D eigenvalue weighted by Crippen LogP contribution is 2.35. The lowest BCUT2D eigenvalue weighted by Crippen LogP contribution is -2.25. The monoisotopic (exact) mass is 432 g/mol. The lowest BCUT2D eigenvalue weighted by molar-refractivity contribution is -0.00258. The van der Waals surface area contributed by atoms with Gasteiger partial charge in [0, 0.05) is 17.0 Å². The van der Waals surface area contributed by atoms with Gasteiger partial charge in [-0.25, -0.2) is 13.2 Å². The van der Waals surface area contributed by atoms with Crippen LogP contribution >= 0.6 is 0 Å². The Labute approximate surface area is 185 Å². The summed E-state index contributed by atoms with van der Waals surface area (Å²) in [6, 6.07) is 7.96. The molecule has 1 nitrogen and oxygen atoms in total. The Balaban J connectivity index is 1.71. The van der Waals surface area contributed by atoms with Crippen LogP contribution < -0.4 is 0 Å². The van der Waals surface area contributed by atoms with Crippen LogP contribution in [0.4, 0.5) is 13.2 Å². The van der Waals surface area contributed by atoms with Gasteiger partial charge in [-0.15, -0.1) is 0 Å². The molecule has 1 aliphatic heterocycles. The van der Waals surface area contributed by atoms with E-state index in [0.717, 1.165) is 63.4 Å². The fourth-order valence-corrected chi connectivity index (χ4v) is 4.49. The van der Waals surface area contributed by atoms with Gasteiger partial charge in [0.2, 0.25) is 0 Å². The minimum Gasteiger partial charge on any atom is -0.378 e. The van der Waals surface area contributed by atoms with Gasteiger partial charge in [-0.3, -0.25) is 0 Å². The first-order valence-electron chi connectivity index (χ1n) is 11.9. The van der Waals surface area contributed by atoms with E-state index < -0.39 is 17.5 Å². The van der Waals surface area contributed by atoms with Crippen molar-refractivity contribution < 1.29 is 17.9 Å². The van der Waals surface area contributed by atoms with Crippen molar-refractivity contribution in [3.8, 4) is 11.1 Å². The van der Waals surface area contributed by atoms with Crippen LogP contribution in [0.3, 0.4) is 0 Å². The largest absolute Gasteiger partial charge is 0.378 e. The van der Waals surface area contributed by atoms with Gasteiger partial charge in [0.25, 0.3) is 0 Å². The summed E-state index contributed by atoms with van der Waals surface area (Å²) in [7, 11) is 0. The molecule has 0 aliphatic carbocycles. The van der Waals surface area contributed by atoms with Gasteiger partial charge in [0.1, 0.15) is 5.82 Å². The van der Waals surface area contributed by atoms with Crippen molar-refractivity contribution in [1.29, 1.82) is 0 Å². The number of halogens is 3. The molecule has 0 spiro atoms. The van der Waals surface area contributed by atoms with Crippen LogP contribution in [0.2, 0.25) is 0 Å². The Kier molecular flexibility index (Phi) is 9.01. The first kappa shape index (κ1) is 23.8. The second kappa shape index (κ2) is 11.7. The van der Waals surface area contributed by atoms with E-state index in [0.29, 0.717) is 12.2 Å². The molecule has 2 atom stereocenters. The maximum Gasteiger partial charge on any atom is 0.167 e. The molecule has 170 valence electrons. The van der Waals surface area contributed by atoms with Crippen LogP contribution in [0.15, 0.2) is 30.3 Å². The molecule has 1 heterocycles. The molecule has 0 bridgehead atoms. The average Bonchev–Trinajstić information content (AvgIpc) is 2.78. The smallest absolute Gasteiger partial charge is 0.167 e. The summed E-state index contributed by atoms with van der Waals surface area (Å²) in [5, 5.41) is 0. The number of benzene rings is 2. The first-order valence-corrected chi connectivity index (χ1v) is 11.9. The SMILES string of the molecule is CCCCCCc1ccc(-c2ccc(C3CCC(CCCC)OC3)c(F)c2F)c(F)c1. The van der Waals surface area contributed by atoms with Crippen molar-refractivity contribution in [3.05, 3.63) is 58.9 Å². The maximum atomic E-state index is 14.9. The quantitative estimate of drug-likeness (QED) is 0.343. The molecule has 1 saturated heterocycles. The van der Waals surface area contributed by atoms with Gasteiger partial charge >= 0.3 is 0 Å². The maximum absolute atomic E-state index is 14.9. The highest BCUT2D eigenvalue weighted by atomic mass is 19.2. The van der Waals surface area contributed by atoms with E-state index in [1.165, 1.54) is 18.6 Å². The fraction of sp³-hybridized carbons (Fsp3) is 0.556. The number of rotatable bonds is 10. The van der Waals surface area contributed by atoms with Crippen LogP contribution in [0, 0.1) is 17.5 Å². The zero-order chi connectivity index (χ0) is 22.2. The zero-order valence-corrected chi connectivity index (χ0v) is 18.9. The molecule has 31 heavy (non-hydrogen) atoms. The topological polar surface area (TPSA) is 9.23 Å². The summed E-state index contributed by atoms with van der Waals surface area (Å²) < 4.78 is 50.5. The molecule has 0 aromatic heterocycles. The Hall–Kier alpha value is -1.81. The average molecular weight is 433 g/mol. The second-order valence-corrected chi connectivity index (χ2v) is 8.83. The molecule has 3 rings (SSSR count). The molecule has 4 heteroatoms. The van der Waals surface area contributed by atoms with Crippen molar-refractivity contribution in [2.45, 2.75) is 90.1 Å². The van der Waals surface area contributed by atoms with Crippen molar-refractivity contribution in [3.63, 3.8) is 0 Å². The molecule has 0 amide bonds. The number of hydrogen-bond donors (Lipinski definition) is 0. The molecular weight excluding hydrogens is 397 g/mol. The van der Waals surface area contributed by atoms with Crippen molar-refractivity contribution in [1.82, 2.24) is 0 Å². The van der Waals surface area contributed by atoms with E-state index in [1.54, 1.807) is 12.1 Å². The number of ether oxygens (including phenoxy) is 1. The van der Waals surface area contributed by atoms with E-state index in [9.17, 15) is 13.2 Å². The van der Waals surface area contributed by atoms with Gasteiger partial charge in [-0.2, -0.15) is 0 Å². The Morgan fingerprint density at radius 2 is 1.61 bits per heavy atom. The molecule has 0 saturated carbocycles. The molecule has 0 N–H and O–H groups in total. The Bertz CT molecular complexity index is 841. The van der Waals surface area contributed by atoms with E-state index >= 15 is 0 Å². The van der Waals surface area contributed by atoms with Gasteiger partial charge in [-0.1, -0.05) is 70.2 Å². The number of hydrogen-bond acceptors (Lipinski definition) is 1. The van der Waals surface area contributed by atoms with Crippen LogP contribution in [-0.4, -0.2) is 12.7 Å². The van der Waals surface area contributed by atoms with E-state index in [-0.39, 0.29) is 23.1 Å². The molecule has 1 aliphatic rings. The lowest BCUT2D eigenvalue weighted by Gasteiger charge is -2.29. The zero-order valence-electron chi connectivity index (χ0n) is 18.9. The Morgan fingerprint density at radius 1 is 0.839 bits per heavy atom. The number of unbranched alkanes of at least 4 members (excludes halogenated alkanes) is 4. The molecule has 1 fully saturated rings. The number of aryl methyl sites for hydroxylation is 1. The van der Waals surface area contributed by atoms with Crippen molar-refractivity contribution in [2.75, 3.05) is 6.61 Å². The Morgan fingerprint density at radius 3 is 2.29 bits per heavy atom. The minimum absolute atomic E-state index is 0.0196. The van der Waals surface area contributed by atoms with Crippen LogP contribution in [0.25, 0.3) is 11.1 Å². The predicted octanol–water partition coefficient (Wildman–Crippen LogP) is 8.35. The summed E-state index contributed by atoms with van der Waals surface area (Å²) in [5.41, 5.74) is 1.32. The highest BCUT2D eigenvalue weighted by molar-refractivity contribution is 5.66. The lowest BCUT2D eigenvalue weighted by atomic mass is 9.88. The van der Waals surface area contributed by atoms with Crippen molar-refractivity contribution in [2.24, 2.45) is 0 Å². The van der Waals surface area contributed by atoms with Gasteiger partial charge in [-0.05, 0) is 49.3 Å². The summed E-state index contributed by atoms with van der Waals surface area (Å²) >= 11 is 0. The van der Waals surface area contributed by atoms with E-state index in [2.05, 4.69) is 13.8 Å². The van der Waals surface area contributed by atoms with Crippen LogP contribution in [-0.2, 0) is 11.2 Å². The van der Waals surface area contributed by atoms with Crippen LogP contribution in [0.5, 0.6) is 0 Å². The summed E-state index contributed by atoms with van der Waals surface area (Å²) in [4.78, 5) is 0. The summed E-state index contributed by atoms with van der Waals surface area (Å²) in [5.74, 6) is -2.50. The molecule has 2 aromatic carbocycles. The third-order valence-corrected chi connectivity index (χ3v) is 6.44. The third kappa shape index (κ3) is 6.12. The minimum atomic E-state index is -0.972. The molecule has 2 unspecified atom stereocenters. The van der Waals surface area contributed by atoms with E-state index in [4.69, 9.17) is 4.74 Å². The van der Waals surface area contributed by atoms with Crippen LogP contribution in [0.1, 0.15) is 88.7 Å². The summed E-state index contributed by atoms with van der Waals surface area (Å²) in [6.45, 7) is 4.71. The molecule has 2 aromatic rings. The third-order valence-electron chi connectivity index (χ3n) is 6.44. The van der Waals surface area contributed by atoms with E-state index in [1.807, 2.05) is 6.07 Å². The van der Waals surface area contributed by atoms with Gasteiger partial charge in [0.15, 0.2) is 11.6 Å². The van der Waals surface area contributed by atoms with Gasteiger partial charge in [0.05, 0.1) is 12.7 Å². The molecule has 0 radical (unpaired) electrons. The summed E-state index contributed by atoms with van der Waals surface area (Å²) in [6.07, 6.45) is 10.4. The molecular formula is C27H35F3O. The highest BCUT2D eigenvalue weighted by Gasteiger charge is 2.27. The normalized spacial score (nSPS) is 19.0. The van der Waals surface area contributed by atoms with Crippen molar-refractivity contribution >= 4 is 0 Å². The first-order chi connectivity index (χ1) is 15.0.